The molecule has 1 atom stereocenters. The van der Waals surface area contributed by atoms with Gasteiger partial charge in [-0.2, -0.15) is 0 Å². The molecule has 3 nitrogen and oxygen atoms in total. The summed E-state index contributed by atoms with van der Waals surface area (Å²) in [5.41, 5.74) is 1.39. The molecule has 0 aliphatic rings. The smallest absolute Gasteiger partial charge is 0.0593 e. The van der Waals surface area contributed by atoms with Gasteiger partial charge in [0.1, 0.15) is 0 Å². The van der Waals surface area contributed by atoms with Gasteiger partial charge in [-0.3, -0.25) is 0 Å². The zero-order valence-corrected chi connectivity index (χ0v) is 14.0. The Bertz CT molecular complexity index is 340. The molecule has 3 heteroatoms. The van der Waals surface area contributed by atoms with Gasteiger partial charge in [-0.1, -0.05) is 56.5 Å². The molecule has 1 rings (SSSR count). The first-order valence-electron chi connectivity index (χ1n) is 8.24. The Kier molecular flexibility index (Phi) is 10.1. The number of ether oxygens (including phenoxy) is 1. The Morgan fingerprint density at radius 1 is 1.10 bits per heavy atom. The Hall–Kier alpha value is -0.900. The number of unbranched alkanes of at least 4 members (excludes halogenated alkanes) is 2. The van der Waals surface area contributed by atoms with Gasteiger partial charge in [-0.05, 0) is 26.1 Å². The van der Waals surface area contributed by atoms with Crippen molar-refractivity contribution in [2.24, 2.45) is 0 Å². The lowest BCUT2D eigenvalue weighted by molar-refractivity contribution is 0.117. The summed E-state index contributed by atoms with van der Waals surface area (Å²) >= 11 is 0. The minimum Gasteiger partial charge on any atom is -0.379 e. The van der Waals surface area contributed by atoms with Gasteiger partial charge in [0.05, 0.1) is 13.2 Å². The fourth-order valence-electron chi connectivity index (χ4n) is 2.32. The molecule has 0 amide bonds. The second kappa shape index (κ2) is 11.7. The summed E-state index contributed by atoms with van der Waals surface area (Å²) in [5, 5.41) is 3.64. The number of nitrogens with one attached hydrogen (secondary N) is 1. The number of hydrogen-bond acceptors (Lipinski definition) is 3. The Morgan fingerprint density at radius 2 is 1.86 bits per heavy atom. The van der Waals surface area contributed by atoms with Crippen molar-refractivity contribution in [2.45, 2.75) is 38.6 Å². The van der Waals surface area contributed by atoms with E-state index in [0.717, 1.165) is 26.3 Å². The SMILES string of the molecule is CCCCCC(NCCOCCN(C)C)c1ccccc1. The third-order valence-corrected chi connectivity index (χ3v) is 3.62. The van der Waals surface area contributed by atoms with E-state index in [2.05, 4.69) is 61.6 Å². The summed E-state index contributed by atoms with van der Waals surface area (Å²) < 4.78 is 5.65. The van der Waals surface area contributed by atoms with E-state index in [4.69, 9.17) is 4.74 Å². The molecule has 0 fully saturated rings. The van der Waals surface area contributed by atoms with Crippen LogP contribution in [0.2, 0.25) is 0 Å². The maximum absolute atomic E-state index is 5.65. The van der Waals surface area contributed by atoms with Crippen LogP contribution >= 0.6 is 0 Å². The van der Waals surface area contributed by atoms with E-state index in [0.29, 0.717) is 6.04 Å². The molecule has 1 aromatic carbocycles. The summed E-state index contributed by atoms with van der Waals surface area (Å²) in [5.74, 6) is 0. The van der Waals surface area contributed by atoms with E-state index in [1.165, 1.54) is 31.2 Å². The minimum absolute atomic E-state index is 0.454. The standard InChI is InChI=1S/C18H32N2O/c1-4-5-7-12-18(17-10-8-6-9-11-17)19-13-15-21-16-14-20(2)3/h6,8-11,18-19H,4-5,7,12-16H2,1-3H3. The molecule has 0 bridgehead atoms. The van der Waals surface area contributed by atoms with Crippen LogP contribution in [0, 0.1) is 0 Å². The third-order valence-electron chi connectivity index (χ3n) is 3.62. The largest absolute Gasteiger partial charge is 0.379 e. The summed E-state index contributed by atoms with van der Waals surface area (Å²) in [4.78, 5) is 2.14. The lowest BCUT2D eigenvalue weighted by Gasteiger charge is -2.19. The normalized spacial score (nSPS) is 12.8. The zero-order valence-electron chi connectivity index (χ0n) is 14.0. The maximum atomic E-state index is 5.65. The van der Waals surface area contributed by atoms with Crippen LogP contribution < -0.4 is 5.32 Å². The zero-order chi connectivity index (χ0) is 15.3. The molecular weight excluding hydrogens is 260 g/mol. The van der Waals surface area contributed by atoms with Gasteiger partial charge in [0.2, 0.25) is 0 Å². The first-order valence-corrected chi connectivity index (χ1v) is 8.24. The average molecular weight is 292 g/mol. The van der Waals surface area contributed by atoms with Crippen molar-refractivity contribution in [1.82, 2.24) is 10.2 Å². The van der Waals surface area contributed by atoms with Crippen molar-refractivity contribution >= 4 is 0 Å². The van der Waals surface area contributed by atoms with Gasteiger partial charge in [-0.15, -0.1) is 0 Å². The quantitative estimate of drug-likeness (QED) is 0.597. The van der Waals surface area contributed by atoms with Crippen LogP contribution in [0.25, 0.3) is 0 Å². The molecule has 0 aromatic heterocycles. The van der Waals surface area contributed by atoms with Crippen LogP contribution in [-0.4, -0.2) is 45.3 Å². The van der Waals surface area contributed by atoms with Crippen LogP contribution in [0.4, 0.5) is 0 Å². The predicted octanol–water partition coefficient (Wildman–Crippen LogP) is 3.48. The molecule has 0 aliphatic heterocycles. The van der Waals surface area contributed by atoms with Gasteiger partial charge < -0.3 is 15.0 Å². The van der Waals surface area contributed by atoms with E-state index in [1.54, 1.807) is 0 Å². The fraction of sp³-hybridized carbons (Fsp3) is 0.667. The van der Waals surface area contributed by atoms with Crippen molar-refractivity contribution in [2.75, 3.05) is 40.4 Å². The highest BCUT2D eigenvalue weighted by atomic mass is 16.5. The lowest BCUT2D eigenvalue weighted by Crippen LogP contribution is -2.27. The third kappa shape index (κ3) is 8.86. The average Bonchev–Trinajstić information content (AvgIpc) is 2.49. The lowest BCUT2D eigenvalue weighted by atomic mass is 10.0. The number of rotatable bonds is 12. The van der Waals surface area contributed by atoms with Gasteiger partial charge in [-0.25, -0.2) is 0 Å². The number of benzene rings is 1. The molecule has 1 unspecified atom stereocenters. The molecule has 0 heterocycles. The first-order chi connectivity index (χ1) is 10.2. The number of likely N-dealkylation sites (N-methyl/N-ethyl adjacent to an activating group) is 1. The van der Waals surface area contributed by atoms with Crippen molar-refractivity contribution in [3.05, 3.63) is 35.9 Å². The molecule has 0 aliphatic carbocycles. The van der Waals surface area contributed by atoms with Crippen LogP contribution in [0.5, 0.6) is 0 Å². The second-order valence-corrected chi connectivity index (χ2v) is 5.83. The highest BCUT2D eigenvalue weighted by molar-refractivity contribution is 5.18. The monoisotopic (exact) mass is 292 g/mol. The van der Waals surface area contributed by atoms with Crippen LogP contribution in [0.1, 0.15) is 44.2 Å². The highest BCUT2D eigenvalue weighted by Gasteiger charge is 2.09. The van der Waals surface area contributed by atoms with Crippen LogP contribution in [0.15, 0.2) is 30.3 Å². The maximum Gasteiger partial charge on any atom is 0.0593 e. The molecule has 1 aromatic rings. The van der Waals surface area contributed by atoms with Crippen LogP contribution in [-0.2, 0) is 4.74 Å². The van der Waals surface area contributed by atoms with E-state index in [-0.39, 0.29) is 0 Å². The number of nitrogens with zero attached hydrogens (tertiary/aromatic N) is 1. The Morgan fingerprint density at radius 3 is 2.52 bits per heavy atom. The fourth-order valence-corrected chi connectivity index (χ4v) is 2.32. The molecule has 0 saturated heterocycles. The summed E-state index contributed by atoms with van der Waals surface area (Å²) in [7, 11) is 4.14. The number of hydrogen-bond donors (Lipinski definition) is 1. The second-order valence-electron chi connectivity index (χ2n) is 5.83. The van der Waals surface area contributed by atoms with Crippen molar-refractivity contribution in [1.29, 1.82) is 0 Å². The van der Waals surface area contributed by atoms with Crippen molar-refractivity contribution < 1.29 is 4.74 Å². The van der Waals surface area contributed by atoms with Crippen molar-refractivity contribution in [3.63, 3.8) is 0 Å². The highest BCUT2D eigenvalue weighted by Crippen LogP contribution is 2.19. The first kappa shape index (κ1) is 18.1. The summed E-state index contributed by atoms with van der Waals surface area (Å²) in [6, 6.07) is 11.2. The Balaban J connectivity index is 2.29. The molecule has 1 N–H and O–H groups in total. The molecular formula is C18H32N2O. The van der Waals surface area contributed by atoms with Crippen LogP contribution in [0.3, 0.4) is 0 Å². The molecule has 0 radical (unpaired) electrons. The van der Waals surface area contributed by atoms with E-state index >= 15 is 0 Å². The van der Waals surface area contributed by atoms with Gasteiger partial charge in [0.25, 0.3) is 0 Å². The van der Waals surface area contributed by atoms with E-state index in [1.807, 2.05) is 0 Å². The minimum atomic E-state index is 0.454. The topological polar surface area (TPSA) is 24.5 Å². The molecule has 120 valence electrons. The van der Waals surface area contributed by atoms with Gasteiger partial charge in [0.15, 0.2) is 0 Å². The summed E-state index contributed by atoms with van der Waals surface area (Å²) in [6.07, 6.45) is 5.07. The van der Waals surface area contributed by atoms with Gasteiger partial charge in [0, 0.05) is 19.1 Å². The van der Waals surface area contributed by atoms with E-state index in [9.17, 15) is 0 Å². The predicted molar refractivity (Wildman–Crippen MR) is 90.7 cm³/mol. The van der Waals surface area contributed by atoms with Crippen molar-refractivity contribution in [3.8, 4) is 0 Å². The Labute approximate surface area is 130 Å². The molecule has 21 heavy (non-hydrogen) atoms. The molecule has 0 saturated carbocycles. The summed E-state index contributed by atoms with van der Waals surface area (Å²) in [6.45, 7) is 5.74. The van der Waals surface area contributed by atoms with E-state index < -0.39 is 0 Å². The molecule has 0 spiro atoms. The van der Waals surface area contributed by atoms with Gasteiger partial charge >= 0.3 is 0 Å².